The van der Waals surface area contributed by atoms with Crippen LogP contribution in [0.25, 0.3) is 0 Å². The summed E-state index contributed by atoms with van der Waals surface area (Å²) in [5, 5.41) is 0. The molecule has 0 amide bonds. The third kappa shape index (κ3) is 13.6. The van der Waals surface area contributed by atoms with E-state index in [0.29, 0.717) is 0 Å². The van der Waals surface area contributed by atoms with Crippen LogP contribution in [0.4, 0.5) is 0 Å². The molecular weight excluding hydrogens is 1060 g/mol. The molecule has 0 N–H and O–H groups in total. The Hall–Kier alpha value is 3.80. The molecular formula is C14H15GeI6Si2. The first-order valence-electron chi connectivity index (χ1n) is 6.66. The Bertz CT molecular complexity index is 526. The molecule has 0 aliphatic carbocycles. The van der Waals surface area contributed by atoms with Gasteiger partial charge in [-0.15, -0.1) is 0 Å². The fourth-order valence-electron chi connectivity index (χ4n) is 1.85. The minimum absolute atomic E-state index is 0.701. The van der Waals surface area contributed by atoms with E-state index >= 15 is 0 Å². The van der Waals surface area contributed by atoms with Crippen molar-refractivity contribution in [3.05, 3.63) is 60.7 Å². The summed E-state index contributed by atoms with van der Waals surface area (Å²) in [5.74, 6) is 0. The fourth-order valence-corrected chi connectivity index (χ4v) is 28.8. The van der Waals surface area contributed by atoms with E-state index < -0.39 is 15.5 Å². The van der Waals surface area contributed by atoms with Gasteiger partial charge in [0.05, 0.1) is 0 Å². The summed E-state index contributed by atoms with van der Waals surface area (Å²) in [5.41, 5.74) is 0. The Balaban J connectivity index is 0.000000463. The van der Waals surface area contributed by atoms with E-state index in [1.165, 1.54) is 4.88 Å². The molecule has 2 rings (SSSR count). The zero-order valence-electron chi connectivity index (χ0n) is 12.2. The Morgan fingerprint density at radius 2 is 1.00 bits per heavy atom. The monoisotopic (exact) mass is 1070 g/mol. The van der Waals surface area contributed by atoms with Crippen LogP contribution in [0.2, 0.25) is 11.4 Å². The first kappa shape index (κ1) is 24.8. The molecule has 23 heavy (non-hydrogen) atoms. The number of rotatable bonds is 4. The second kappa shape index (κ2) is 12.4. The van der Waals surface area contributed by atoms with Crippen LogP contribution < -0.4 is 8.79 Å². The molecule has 0 aliphatic rings. The first-order chi connectivity index (χ1) is 10.6. The number of hydrogen-bond donors (Lipinski definition) is 0. The molecule has 9 heteroatoms. The van der Waals surface area contributed by atoms with Crippen LogP contribution in [0.15, 0.2) is 60.7 Å². The molecule has 0 fully saturated rings. The Morgan fingerprint density at radius 1 is 0.696 bits per heavy atom. The zero-order valence-corrected chi connectivity index (χ0v) is 29.3. The van der Waals surface area contributed by atoms with Crippen molar-refractivity contribution in [3.8, 4) is 0 Å². The standard InChI is InChI=1S/C13H12GeI3Si.CH3I3Si/c15-18(16,17)11-14(12-7-3-1-4-8-12)13-9-5-2-6-10-13;1-5(2,3)4/h1-10H,11H2;1H3. The van der Waals surface area contributed by atoms with Crippen LogP contribution in [-0.4, -0.2) is 15.5 Å². The number of hydrogen-bond acceptors (Lipinski definition) is 0. The molecule has 0 nitrogen and oxygen atoms in total. The molecule has 0 bridgehead atoms. The molecule has 0 atom stereocenters. The maximum atomic E-state index is 2.70. The van der Waals surface area contributed by atoms with Gasteiger partial charge in [-0.1, -0.05) is 65.4 Å². The summed E-state index contributed by atoms with van der Waals surface area (Å²) in [6.45, 7) is 2.29. The molecule has 0 saturated heterocycles. The average molecular weight is 1070 g/mol. The molecule has 0 aromatic heterocycles. The van der Waals surface area contributed by atoms with E-state index in [1.807, 2.05) is 0 Å². The normalized spacial score (nSPS) is 11.8. The van der Waals surface area contributed by atoms with E-state index in [-0.39, 0.29) is 0 Å². The summed E-state index contributed by atoms with van der Waals surface area (Å²) >= 11 is 14.2. The average Bonchev–Trinajstić information content (AvgIpc) is 2.44. The van der Waals surface area contributed by atoms with Gasteiger partial charge in [-0.25, -0.2) is 0 Å². The maximum absolute atomic E-state index is 2.70. The second-order valence-corrected chi connectivity index (χ2v) is 87.7. The van der Waals surface area contributed by atoms with Crippen LogP contribution in [0.3, 0.4) is 0 Å². The van der Waals surface area contributed by atoms with E-state index in [1.54, 1.807) is 8.79 Å². The Labute approximate surface area is 222 Å². The van der Waals surface area contributed by atoms with Gasteiger partial charge in [-0.3, -0.25) is 0 Å². The second-order valence-electron chi connectivity index (χ2n) is 4.78. The van der Waals surface area contributed by atoms with Crippen LogP contribution >= 0.6 is 131 Å². The number of benzene rings is 2. The van der Waals surface area contributed by atoms with E-state index in [0.717, 1.165) is 0 Å². The van der Waals surface area contributed by atoms with E-state index in [2.05, 4.69) is 198 Å². The summed E-state index contributed by atoms with van der Waals surface area (Å²) in [6.07, 6.45) is 0. The van der Waals surface area contributed by atoms with Gasteiger partial charge in [-0.2, -0.15) is 0 Å². The predicted molar refractivity (Wildman–Crippen MR) is 164 cm³/mol. The first-order valence-corrected chi connectivity index (χ1v) is 33.6. The van der Waals surface area contributed by atoms with Gasteiger partial charge in [0.2, 0.25) is 0 Å². The molecule has 0 unspecified atom stereocenters. The van der Waals surface area contributed by atoms with Crippen molar-refractivity contribution in [3.63, 3.8) is 0 Å². The van der Waals surface area contributed by atoms with Crippen molar-refractivity contribution in [2.75, 3.05) is 0 Å². The van der Waals surface area contributed by atoms with Gasteiger partial charge in [0.1, 0.15) is 0 Å². The molecule has 0 aliphatic heterocycles. The summed E-state index contributed by atoms with van der Waals surface area (Å²) < 4.78 is 1.40. The van der Waals surface area contributed by atoms with Crippen molar-refractivity contribution in [2.45, 2.75) is 11.4 Å². The topological polar surface area (TPSA) is 0 Å². The van der Waals surface area contributed by atoms with Crippen LogP contribution in [0.5, 0.6) is 0 Å². The Kier molecular flexibility index (Phi) is 13.4. The van der Waals surface area contributed by atoms with Crippen molar-refractivity contribution in [1.82, 2.24) is 0 Å². The van der Waals surface area contributed by atoms with E-state index in [9.17, 15) is 0 Å². The molecule has 0 spiro atoms. The van der Waals surface area contributed by atoms with Crippen molar-refractivity contribution >= 4 is 155 Å². The van der Waals surface area contributed by atoms with Crippen LogP contribution in [-0.2, 0) is 0 Å². The molecule has 0 saturated carbocycles. The van der Waals surface area contributed by atoms with Gasteiger partial charge in [-0.05, 0) is 6.55 Å². The summed E-state index contributed by atoms with van der Waals surface area (Å²) in [4.78, 5) is 1.43. The predicted octanol–water partition coefficient (Wildman–Crippen LogP) is 6.94. The van der Waals surface area contributed by atoms with Gasteiger partial charge < -0.3 is 0 Å². The molecule has 125 valence electrons. The van der Waals surface area contributed by atoms with Crippen LogP contribution in [0, 0.1) is 0 Å². The van der Waals surface area contributed by atoms with Gasteiger partial charge in [0, 0.05) is 0 Å². The molecule has 0 heterocycles. The molecule has 1 radical (unpaired) electrons. The molecule has 2 aromatic rings. The third-order valence-electron chi connectivity index (χ3n) is 2.62. The minimum atomic E-state index is -1.35. The summed E-state index contributed by atoms with van der Waals surface area (Å²) in [6, 6.07) is 22.3. The fraction of sp³-hybridized carbons (Fsp3) is 0.143. The van der Waals surface area contributed by atoms with Crippen molar-refractivity contribution < 1.29 is 0 Å². The van der Waals surface area contributed by atoms with E-state index in [4.69, 9.17) is 0 Å². The third-order valence-corrected chi connectivity index (χ3v) is 30.3. The van der Waals surface area contributed by atoms with Crippen molar-refractivity contribution in [2.24, 2.45) is 0 Å². The number of halogens is 6. The SMILES string of the molecule is C[Si](I)(I)I.I[Si](I)(I)[CH2][Ge]([c]1ccccc1)[c]1ccccc1. The quantitative estimate of drug-likeness (QED) is 0.177. The Morgan fingerprint density at radius 3 is 1.26 bits per heavy atom. The van der Waals surface area contributed by atoms with Gasteiger partial charge in [0.25, 0.3) is 0.564 Å². The van der Waals surface area contributed by atoms with Gasteiger partial charge in [0.15, 0.2) is 0 Å². The molecule has 2 aromatic carbocycles. The van der Waals surface area contributed by atoms with Crippen molar-refractivity contribution in [1.29, 1.82) is 0 Å². The van der Waals surface area contributed by atoms with Gasteiger partial charge >= 0.3 is 155 Å². The zero-order chi connectivity index (χ0) is 17.5. The summed E-state index contributed by atoms with van der Waals surface area (Å²) in [7, 11) is 0. The van der Waals surface area contributed by atoms with Crippen LogP contribution in [0.1, 0.15) is 0 Å².